The van der Waals surface area contributed by atoms with E-state index in [4.69, 9.17) is 26.8 Å². The second kappa shape index (κ2) is 10.7. The standard InChI is InChI=1S/C21H24ClN3O5S/c1-29-21(28)25(12-14(11-23)10-17(26)18-6-7-19(22)31-18)16-4-2-15(3-5-16)24-8-9-30-13-20(24)27/h2-7,14H,8-13,23H2,1H3/t14-/m0/s1. The van der Waals surface area contributed by atoms with Crippen LogP contribution in [0.3, 0.4) is 0 Å². The zero-order valence-corrected chi connectivity index (χ0v) is 18.7. The van der Waals surface area contributed by atoms with Crippen LogP contribution in [0.2, 0.25) is 4.34 Å². The first-order valence-electron chi connectivity index (χ1n) is 9.75. The number of nitrogens with two attached hydrogens (primary N) is 1. The summed E-state index contributed by atoms with van der Waals surface area (Å²) in [5.41, 5.74) is 7.21. The number of halogens is 1. The number of carbonyl (C=O) groups excluding carboxylic acids is 3. The summed E-state index contributed by atoms with van der Waals surface area (Å²) in [6.07, 6.45) is -0.374. The Balaban J connectivity index is 1.73. The maximum Gasteiger partial charge on any atom is 0.414 e. The van der Waals surface area contributed by atoms with Crippen molar-refractivity contribution < 1.29 is 23.9 Å². The van der Waals surface area contributed by atoms with Gasteiger partial charge in [0, 0.05) is 30.9 Å². The SMILES string of the molecule is COC(=O)N(C[C@H](CN)CC(=O)c1ccc(Cl)s1)c1ccc(N2CCOCC2=O)cc1. The molecule has 0 radical (unpaired) electrons. The summed E-state index contributed by atoms with van der Waals surface area (Å²) >= 11 is 7.14. The van der Waals surface area contributed by atoms with Gasteiger partial charge in [-0.2, -0.15) is 0 Å². The molecule has 0 unspecified atom stereocenters. The number of benzene rings is 1. The van der Waals surface area contributed by atoms with Gasteiger partial charge in [-0.3, -0.25) is 14.5 Å². The molecule has 1 atom stereocenters. The minimum Gasteiger partial charge on any atom is -0.452 e. The van der Waals surface area contributed by atoms with Gasteiger partial charge >= 0.3 is 6.09 Å². The van der Waals surface area contributed by atoms with Gasteiger partial charge in [0.15, 0.2) is 5.78 Å². The van der Waals surface area contributed by atoms with Gasteiger partial charge in [-0.1, -0.05) is 11.6 Å². The minimum atomic E-state index is -0.555. The molecule has 0 spiro atoms. The third kappa shape index (κ3) is 5.82. The van der Waals surface area contributed by atoms with Gasteiger partial charge in [0.1, 0.15) is 6.61 Å². The molecule has 1 aliphatic heterocycles. The molecule has 1 fully saturated rings. The van der Waals surface area contributed by atoms with Crippen LogP contribution in [0.1, 0.15) is 16.1 Å². The molecule has 31 heavy (non-hydrogen) atoms. The molecule has 8 nitrogen and oxygen atoms in total. The van der Waals surface area contributed by atoms with Crippen LogP contribution in [0, 0.1) is 5.92 Å². The molecule has 2 amide bonds. The van der Waals surface area contributed by atoms with Crippen LogP contribution >= 0.6 is 22.9 Å². The quantitative estimate of drug-likeness (QED) is 0.600. The Hall–Kier alpha value is -2.46. The molecule has 0 saturated carbocycles. The van der Waals surface area contributed by atoms with Gasteiger partial charge in [-0.25, -0.2) is 4.79 Å². The van der Waals surface area contributed by atoms with E-state index in [-0.39, 0.29) is 43.7 Å². The molecule has 0 bridgehead atoms. The van der Waals surface area contributed by atoms with E-state index in [2.05, 4.69) is 0 Å². The first-order chi connectivity index (χ1) is 14.9. The molecule has 1 saturated heterocycles. The molecule has 166 valence electrons. The summed E-state index contributed by atoms with van der Waals surface area (Å²) in [5.74, 6) is -0.453. The van der Waals surface area contributed by atoms with E-state index in [1.54, 1.807) is 41.3 Å². The predicted octanol–water partition coefficient (Wildman–Crippen LogP) is 3.19. The van der Waals surface area contributed by atoms with Gasteiger partial charge < -0.3 is 20.1 Å². The molecule has 1 aliphatic rings. The van der Waals surface area contributed by atoms with Crippen molar-refractivity contribution in [1.82, 2.24) is 0 Å². The van der Waals surface area contributed by atoms with Crippen molar-refractivity contribution in [2.75, 3.05) is 49.8 Å². The third-order valence-corrected chi connectivity index (χ3v) is 6.22. The van der Waals surface area contributed by atoms with E-state index >= 15 is 0 Å². The minimum absolute atomic E-state index is 0.0533. The highest BCUT2D eigenvalue weighted by Gasteiger charge is 2.25. The van der Waals surface area contributed by atoms with Gasteiger partial charge in [0.2, 0.25) is 0 Å². The lowest BCUT2D eigenvalue weighted by Gasteiger charge is -2.28. The van der Waals surface area contributed by atoms with Crippen LogP contribution in [0.5, 0.6) is 0 Å². The first-order valence-corrected chi connectivity index (χ1v) is 10.9. The number of thiophene rings is 1. The van der Waals surface area contributed by atoms with Gasteiger partial charge in [0.05, 0.1) is 22.9 Å². The number of hydrogen-bond donors (Lipinski definition) is 1. The number of ether oxygens (including phenoxy) is 2. The van der Waals surface area contributed by atoms with Crippen LogP contribution in [0.4, 0.5) is 16.2 Å². The number of carbonyl (C=O) groups is 3. The van der Waals surface area contributed by atoms with Crippen LogP contribution in [-0.4, -0.2) is 57.7 Å². The number of ketones is 1. The van der Waals surface area contributed by atoms with E-state index in [0.29, 0.717) is 28.1 Å². The van der Waals surface area contributed by atoms with Crippen molar-refractivity contribution in [2.24, 2.45) is 11.7 Å². The molecular formula is C21H24ClN3O5S. The number of nitrogens with zero attached hydrogens (tertiary/aromatic N) is 2. The molecule has 0 aliphatic carbocycles. The van der Waals surface area contributed by atoms with Gasteiger partial charge in [-0.05, 0) is 48.9 Å². The topological polar surface area (TPSA) is 102 Å². The molecule has 2 N–H and O–H groups in total. The van der Waals surface area contributed by atoms with E-state index in [0.717, 1.165) is 5.69 Å². The summed E-state index contributed by atoms with van der Waals surface area (Å²) in [7, 11) is 1.30. The maximum absolute atomic E-state index is 12.5. The number of hydrogen-bond acceptors (Lipinski definition) is 7. The van der Waals surface area contributed by atoms with E-state index in [1.165, 1.54) is 23.3 Å². The first kappa shape index (κ1) is 23.2. The van der Waals surface area contributed by atoms with Crippen LogP contribution in [0.25, 0.3) is 0 Å². The summed E-state index contributed by atoms with van der Waals surface area (Å²) in [4.78, 5) is 40.7. The monoisotopic (exact) mass is 465 g/mol. The Morgan fingerprint density at radius 1 is 1.29 bits per heavy atom. The number of Topliss-reactive ketones (excluding diaryl/α,β-unsaturated/α-hetero) is 1. The molecule has 1 aromatic carbocycles. The zero-order chi connectivity index (χ0) is 22.4. The lowest BCUT2D eigenvalue weighted by Crippen LogP contribution is -2.41. The summed E-state index contributed by atoms with van der Waals surface area (Å²) in [5, 5.41) is 0. The Morgan fingerprint density at radius 2 is 2.03 bits per heavy atom. The summed E-state index contributed by atoms with van der Waals surface area (Å²) in [6.45, 7) is 1.44. The molecule has 2 aromatic rings. The average molecular weight is 466 g/mol. The van der Waals surface area contributed by atoms with Gasteiger partial charge in [0.25, 0.3) is 5.91 Å². The Kier molecular flexibility index (Phi) is 8.03. The fourth-order valence-corrected chi connectivity index (χ4v) is 4.30. The van der Waals surface area contributed by atoms with Crippen molar-refractivity contribution >= 4 is 52.1 Å². The highest BCUT2D eigenvalue weighted by atomic mass is 35.5. The molecule has 2 heterocycles. The molecular weight excluding hydrogens is 442 g/mol. The second-order valence-corrected chi connectivity index (χ2v) is 8.74. The fourth-order valence-electron chi connectivity index (χ4n) is 3.31. The van der Waals surface area contributed by atoms with Crippen molar-refractivity contribution in [3.05, 3.63) is 45.6 Å². The highest BCUT2D eigenvalue weighted by Crippen LogP contribution is 2.26. The zero-order valence-electron chi connectivity index (χ0n) is 17.1. The largest absolute Gasteiger partial charge is 0.452 e. The van der Waals surface area contributed by atoms with Crippen LogP contribution < -0.4 is 15.5 Å². The lowest BCUT2D eigenvalue weighted by atomic mass is 10.0. The van der Waals surface area contributed by atoms with Crippen molar-refractivity contribution in [3.8, 4) is 0 Å². The Morgan fingerprint density at radius 3 is 2.61 bits per heavy atom. The van der Waals surface area contributed by atoms with Crippen molar-refractivity contribution in [2.45, 2.75) is 6.42 Å². The van der Waals surface area contributed by atoms with Crippen molar-refractivity contribution in [1.29, 1.82) is 0 Å². The highest BCUT2D eigenvalue weighted by molar-refractivity contribution is 7.18. The number of methoxy groups -OCH3 is 1. The van der Waals surface area contributed by atoms with E-state index < -0.39 is 6.09 Å². The van der Waals surface area contributed by atoms with Crippen LogP contribution in [0.15, 0.2) is 36.4 Å². The normalized spacial score (nSPS) is 14.9. The van der Waals surface area contributed by atoms with Crippen molar-refractivity contribution in [3.63, 3.8) is 0 Å². The smallest absolute Gasteiger partial charge is 0.414 e. The average Bonchev–Trinajstić information content (AvgIpc) is 3.23. The summed E-state index contributed by atoms with van der Waals surface area (Å²) in [6, 6.07) is 10.4. The fraction of sp³-hybridized carbons (Fsp3) is 0.381. The Labute approximate surface area is 189 Å². The lowest BCUT2D eigenvalue weighted by molar-refractivity contribution is -0.125. The second-order valence-electron chi connectivity index (χ2n) is 7.03. The van der Waals surface area contributed by atoms with E-state index in [1.807, 2.05) is 0 Å². The number of morpholine rings is 1. The third-order valence-electron chi connectivity index (χ3n) is 4.95. The van der Waals surface area contributed by atoms with Gasteiger partial charge in [-0.15, -0.1) is 11.3 Å². The number of rotatable bonds is 8. The maximum atomic E-state index is 12.5. The Bertz CT molecular complexity index is 933. The molecule has 3 rings (SSSR count). The number of anilines is 2. The predicted molar refractivity (Wildman–Crippen MR) is 120 cm³/mol. The molecule has 10 heteroatoms. The van der Waals surface area contributed by atoms with Crippen LogP contribution in [-0.2, 0) is 14.3 Å². The summed E-state index contributed by atoms with van der Waals surface area (Å²) < 4.78 is 10.6. The van der Waals surface area contributed by atoms with E-state index in [9.17, 15) is 14.4 Å². The molecule has 1 aromatic heterocycles. The number of amides is 2.